The first-order valence-corrected chi connectivity index (χ1v) is 6.46. The van der Waals surface area contributed by atoms with E-state index in [0.29, 0.717) is 12.3 Å². The Hall–Kier alpha value is -1.18. The third-order valence-electron chi connectivity index (χ3n) is 2.29. The number of carbonyl (C=O) groups is 1. The maximum atomic E-state index is 11.7. The van der Waals surface area contributed by atoms with E-state index in [4.69, 9.17) is 4.74 Å². The Morgan fingerprint density at radius 3 is 3.06 bits per heavy atom. The summed E-state index contributed by atoms with van der Waals surface area (Å²) < 4.78 is 7.84. The fourth-order valence-electron chi connectivity index (χ4n) is 1.35. The predicted octanol–water partition coefficient (Wildman–Crippen LogP) is 2.29. The molecule has 17 heavy (non-hydrogen) atoms. The van der Waals surface area contributed by atoms with Crippen molar-refractivity contribution in [1.82, 2.24) is 14.4 Å². The maximum Gasteiger partial charge on any atom is 0.358 e. The number of hydrogen-bond acceptors (Lipinski definition) is 4. The van der Waals surface area contributed by atoms with Gasteiger partial charge in [0.1, 0.15) is 3.70 Å². The van der Waals surface area contributed by atoms with Crippen LogP contribution in [0.5, 0.6) is 0 Å². The summed E-state index contributed by atoms with van der Waals surface area (Å²) in [4.78, 5) is 19.8. The highest BCUT2D eigenvalue weighted by Crippen LogP contribution is 2.09. The van der Waals surface area contributed by atoms with Gasteiger partial charge in [-0.25, -0.2) is 14.8 Å². The number of aromatic nitrogens is 3. The van der Waals surface area contributed by atoms with Crippen molar-refractivity contribution in [2.75, 3.05) is 6.61 Å². The monoisotopic (exact) mass is 345 g/mol. The molecular weight excluding hydrogens is 333 g/mol. The van der Waals surface area contributed by atoms with Crippen LogP contribution >= 0.6 is 22.6 Å². The number of hydrogen-bond donors (Lipinski definition) is 0. The van der Waals surface area contributed by atoms with E-state index in [1.54, 1.807) is 18.6 Å². The van der Waals surface area contributed by atoms with Crippen LogP contribution in [0, 0.1) is 3.70 Å². The lowest BCUT2D eigenvalue weighted by atomic mass is 10.3. The second kappa shape index (κ2) is 5.44. The first kappa shape index (κ1) is 12.3. The minimum atomic E-state index is -0.384. The summed E-state index contributed by atoms with van der Waals surface area (Å²) in [5.41, 5.74) is 1.03. The zero-order valence-corrected chi connectivity index (χ0v) is 11.5. The van der Waals surface area contributed by atoms with Crippen LogP contribution in [0.25, 0.3) is 5.65 Å². The van der Waals surface area contributed by atoms with Crippen molar-refractivity contribution in [2.24, 2.45) is 0 Å². The summed E-state index contributed by atoms with van der Waals surface area (Å²) in [6, 6.07) is 0. The van der Waals surface area contributed by atoms with Crippen LogP contribution in [0.4, 0.5) is 0 Å². The van der Waals surface area contributed by atoms with Gasteiger partial charge in [0, 0.05) is 6.20 Å². The highest BCUT2D eigenvalue weighted by atomic mass is 127. The van der Waals surface area contributed by atoms with Gasteiger partial charge in [0.05, 0.1) is 19.0 Å². The molecule has 2 rings (SSSR count). The Balaban J connectivity index is 2.17. The molecule has 2 heterocycles. The van der Waals surface area contributed by atoms with Gasteiger partial charge in [0.2, 0.25) is 0 Å². The number of unbranched alkanes of at least 4 members (excludes halogenated alkanes) is 1. The zero-order chi connectivity index (χ0) is 12.3. The molecule has 0 saturated carbocycles. The van der Waals surface area contributed by atoms with Gasteiger partial charge in [-0.3, -0.25) is 4.40 Å². The van der Waals surface area contributed by atoms with Gasteiger partial charge in [-0.1, -0.05) is 13.3 Å². The number of nitrogens with zero attached hydrogens (tertiary/aromatic N) is 3. The molecule has 2 aromatic heterocycles. The highest BCUT2D eigenvalue weighted by molar-refractivity contribution is 14.1. The Labute approximate surface area is 112 Å². The fourth-order valence-corrected chi connectivity index (χ4v) is 1.87. The first-order chi connectivity index (χ1) is 8.22. The van der Waals surface area contributed by atoms with Crippen LogP contribution in [0.15, 0.2) is 18.6 Å². The van der Waals surface area contributed by atoms with Crippen molar-refractivity contribution in [2.45, 2.75) is 19.8 Å². The first-order valence-electron chi connectivity index (χ1n) is 5.38. The summed E-state index contributed by atoms with van der Waals surface area (Å²) in [5, 5.41) is 0. The second-order valence-corrected chi connectivity index (χ2v) is 4.68. The SMILES string of the molecule is CCCCOC(=O)c1cn2c(I)cnc2cn1. The molecule has 0 saturated heterocycles. The average molecular weight is 345 g/mol. The predicted molar refractivity (Wildman–Crippen MR) is 70.9 cm³/mol. The van der Waals surface area contributed by atoms with Crippen LogP contribution in [0.1, 0.15) is 30.3 Å². The van der Waals surface area contributed by atoms with Crippen LogP contribution < -0.4 is 0 Å². The van der Waals surface area contributed by atoms with Gasteiger partial charge in [-0.05, 0) is 29.0 Å². The van der Waals surface area contributed by atoms with Crippen molar-refractivity contribution in [3.63, 3.8) is 0 Å². The molecule has 0 atom stereocenters. The van der Waals surface area contributed by atoms with E-state index in [1.807, 2.05) is 11.3 Å². The number of imidazole rings is 1. The third-order valence-corrected chi connectivity index (χ3v) is 3.09. The molecule has 5 nitrogen and oxygen atoms in total. The zero-order valence-electron chi connectivity index (χ0n) is 9.39. The quantitative estimate of drug-likeness (QED) is 0.485. The molecule has 0 aliphatic heterocycles. The van der Waals surface area contributed by atoms with Crippen LogP contribution in [-0.2, 0) is 4.74 Å². The smallest absolute Gasteiger partial charge is 0.358 e. The van der Waals surface area contributed by atoms with Crippen LogP contribution in [0.2, 0.25) is 0 Å². The number of halogens is 1. The molecule has 0 radical (unpaired) electrons. The normalized spacial score (nSPS) is 10.7. The van der Waals surface area contributed by atoms with Crippen molar-refractivity contribution in [1.29, 1.82) is 0 Å². The van der Waals surface area contributed by atoms with Gasteiger partial charge >= 0.3 is 5.97 Å². The minimum Gasteiger partial charge on any atom is -0.461 e. The summed E-state index contributed by atoms with van der Waals surface area (Å²) in [6.07, 6.45) is 6.82. The molecule has 0 N–H and O–H groups in total. The fraction of sp³-hybridized carbons (Fsp3) is 0.364. The Kier molecular flexibility index (Phi) is 3.93. The number of fused-ring (bicyclic) bond motifs is 1. The molecule has 0 aliphatic rings. The van der Waals surface area contributed by atoms with E-state index in [2.05, 4.69) is 32.6 Å². The average Bonchev–Trinajstić information content (AvgIpc) is 2.71. The highest BCUT2D eigenvalue weighted by Gasteiger charge is 2.11. The molecule has 0 aliphatic carbocycles. The molecule has 6 heteroatoms. The molecular formula is C11H12IN3O2. The Morgan fingerprint density at radius 2 is 2.29 bits per heavy atom. The summed E-state index contributed by atoms with van der Waals surface area (Å²) in [7, 11) is 0. The molecule has 0 fully saturated rings. The summed E-state index contributed by atoms with van der Waals surface area (Å²) in [6.45, 7) is 2.49. The lowest BCUT2D eigenvalue weighted by molar-refractivity contribution is 0.0492. The van der Waals surface area contributed by atoms with E-state index >= 15 is 0 Å². The van der Waals surface area contributed by atoms with E-state index in [9.17, 15) is 4.79 Å². The number of rotatable bonds is 4. The van der Waals surface area contributed by atoms with Crippen molar-refractivity contribution in [3.8, 4) is 0 Å². The van der Waals surface area contributed by atoms with Gasteiger partial charge in [-0.2, -0.15) is 0 Å². The Morgan fingerprint density at radius 1 is 1.47 bits per heavy atom. The van der Waals surface area contributed by atoms with Gasteiger partial charge in [-0.15, -0.1) is 0 Å². The molecule has 90 valence electrons. The second-order valence-electron chi connectivity index (χ2n) is 3.57. The van der Waals surface area contributed by atoms with Gasteiger partial charge in [0.15, 0.2) is 11.3 Å². The number of carbonyl (C=O) groups excluding carboxylic acids is 1. The van der Waals surface area contributed by atoms with Gasteiger partial charge in [0.25, 0.3) is 0 Å². The molecule has 2 aromatic rings. The van der Waals surface area contributed by atoms with E-state index in [-0.39, 0.29) is 5.97 Å². The largest absolute Gasteiger partial charge is 0.461 e. The van der Waals surface area contributed by atoms with Crippen molar-refractivity contribution >= 4 is 34.2 Å². The van der Waals surface area contributed by atoms with Crippen LogP contribution in [0.3, 0.4) is 0 Å². The molecule has 0 amide bonds. The molecule has 0 bridgehead atoms. The lowest BCUT2D eigenvalue weighted by Crippen LogP contribution is -2.09. The van der Waals surface area contributed by atoms with E-state index < -0.39 is 0 Å². The molecule has 0 spiro atoms. The molecule has 0 aromatic carbocycles. The number of ether oxygens (including phenoxy) is 1. The summed E-state index contributed by atoms with van der Waals surface area (Å²) in [5.74, 6) is -0.384. The van der Waals surface area contributed by atoms with Crippen molar-refractivity contribution in [3.05, 3.63) is 28.0 Å². The van der Waals surface area contributed by atoms with Gasteiger partial charge < -0.3 is 4.74 Å². The van der Waals surface area contributed by atoms with Crippen LogP contribution in [-0.4, -0.2) is 26.9 Å². The molecule has 0 unspecified atom stereocenters. The van der Waals surface area contributed by atoms with E-state index in [0.717, 1.165) is 22.2 Å². The minimum absolute atomic E-state index is 0.310. The number of esters is 1. The van der Waals surface area contributed by atoms with E-state index in [1.165, 1.54) is 0 Å². The van der Waals surface area contributed by atoms with Crippen molar-refractivity contribution < 1.29 is 9.53 Å². The summed E-state index contributed by atoms with van der Waals surface area (Å²) >= 11 is 2.15. The Bertz CT molecular complexity index is 538. The lowest BCUT2D eigenvalue weighted by Gasteiger charge is -2.03. The maximum absolute atomic E-state index is 11.7. The standard InChI is InChI=1S/C11H12IN3O2/c1-2-3-4-17-11(16)8-7-15-9(12)5-14-10(15)6-13-8/h5-7H,2-4H2,1H3. The third kappa shape index (κ3) is 2.74. The topological polar surface area (TPSA) is 56.5 Å².